The van der Waals surface area contributed by atoms with Crippen molar-refractivity contribution < 1.29 is 63.1 Å². The Kier molecular flexibility index (Phi) is 41.2. The Bertz CT molecular complexity index is 1220. The fraction of sp³-hybridized carbons (Fsp3) is 0.925. The standard InChI is InChI=1S/C53H101O13P/c1-3-5-7-9-11-13-15-17-19-21-22-23-24-26-28-30-32-34-36-38-40-42-47(55)65-45(44-64-67(61,62)66-53-51(59)49(57)48(56)50(58)52(53)60)43-63-46(54)41-39-37-35-33-31-29-27-25-20-18-16-14-12-10-8-6-4-2/h14,16,45,48-53,56-60H,3-13,15,17-44H2,1-2H3,(H,61,62)/b16-14+/t45-,48?,49-,50?,51?,52?,53?/m1/s1. The highest BCUT2D eigenvalue weighted by Crippen LogP contribution is 2.47. The van der Waals surface area contributed by atoms with Gasteiger partial charge >= 0.3 is 19.8 Å². The van der Waals surface area contributed by atoms with Gasteiger partial charge in [-0.05, 0) is 38.5 Å². The molecule has 1 rings (SSSR count). The number of allylic oxidation sites excluding steroid dienone is 2. The molecule has 1 fully saturated rings. The summed E-state index contributed by atoms with van der Waals surface area (Å²) in [6.45, 7) is 3.34. The van der Waals surface area contributed by atoms with Crippen LogP contribution in [0.25, 0.3) is 0 Å². The van der Waals surface area contributed by atoms with Crippen LogP contribution >= 0.6 is 7.82 Å². The minimum absolute atomic E-state index is 0.103. The highest BCUT2D eigenvalue weighted by molar-refractivity contribution is 7.47. The van der Waals surface area contributed by atoms with E-state index in [0.29, 0.717) is 12.8 Å². The Morgan fingerprint density at radius 2 is 0.761 bits per heavy atom. The molecule has 67 heavy (non-hydrogen) atoms. The third-order valence-electron chi connectivity index (χ3n) is 13.1. The normalized spacial score (nSPS) is 21.1. The molecular formula is C53H101O13P. The van der Waals surface area contributed by atoms with Gasteiger partial charge in [-0.1, -0.05) is 219 Å². The second kappa shape index (κ2) is 43.4. The van der Waals surface area contributed by atoms with Gasteiger partial charge in [0.25, 0.3) is 0 Å². The molecule has 1 aliphatic carbocycles. The molecule has 0 amide bonds. The number of ether oxygens (including phenoxy) is 2. The molecule has 14 heteroatoms. The Balaban J connectivity index is 2.35. The number of esters is 2. The maximum absolute atomic E-state index is 12.9. The maximum Gasteiger partial charge on any atom is 0.472 e. The molecule has 0 spiro atoms. The van der Waals surface area contributed by atoms with Crippen molar-refractivity contribution in [1.29, 1.82) is 0 Å². The van der Waals surface area contributed by atoms with Crippen LogP contribution in [0.3, 0.4) is 0 Å². The number of rotatable bonds is 47. The number of hydrogen-bond acceptors (Lipinski definition) is 12. The molecule has 0 aromatic heterocycles. The topological polar surface area (TPSA) is 210 Å². The molecule has 1 aliphatic rings. The lowest BCUT2D eigenvalue weighted by Crippen LogP contribution is -2.64. The van der Waals surface area contributed by atoms with Gasteiger partial charge in [-0.3, -0.25) is 18.6 Å². The van der Waals surface area contributed by atoms with Crippen LogP contribution in [0.4, 0.5) is 0 Å². The smallest absolute Gasteiger partial charge is 0.462 e. The molecule has 0 bridgehead atoms. The molecule has 0 aromatic rings. The van der Waals surface area contributed by atoms with Crippen LogP contribution in [0, 0.1) is 0 Å². The van der Waals surface area contributed by atoms with E-state index in [-0.39, 0.29) is 12.8 Å². The number of aliphatic hydroxyl groups is 5. The summed E-state index contributed by atoms with van der Waals surface area (Å²) in [6, 6.07) is 0. The zero-order chi connectivity index (χ0) is 49.2. The van der Waals surface area contributed by atoms with E-state index in [9.17, 15) is 44.6 Å². The zero-order valence-corrected chi connectivity index (χ0v) is 43.4. The minimum Gasteiger partial charge on any atom is -0.462 e. The van der Waals surface area contributed by atoms with Crippen molar-refractivity contribution in [3.05, 3.63) is 12.2 Å². The van der Waals surface area contributed by atoms with Crippen LogP contribution in [0.15, 0.2) is 12.2 Å². The quantitative estimate of drug-likeness (QED) is 0.0145. The SMILES string of the molecule is CCCCCC/C=C/CCCCCCCCCCCC(=O)OC[C@H](COP(=O)(O)OC1C(O)C(O)C(O)[C@@H](O)C1O)OC(=O)CCCCCCCCCCCCCCCCCCCCCCC. The molecule has 6 N–H and O–H groups in total. The van der Waals surface area contributed by atoms with E-state index in [0.717, 1.165) is 44.9 Å². The number of aliphatic hydroxyl groups excluding tert-OH is 5. The third-order valence-corrected chi connectivity index (χ3v) is 14.1. The minimum atomic E-state index is -5.12. The van der Waals surface area contributed by atoms with E-state index < -0.39 is 75.7 Å². The largest absolute Gasteiger partial charge is 0.472 e. The van der Waals surface area contributed by atoms with E-state index in [1.807, 2.05) is 0 Å². The lowest BCUT2D eigenvalue weighted by atomic mass is 9.85. The Morgan fingerprint density at radius 3 is 1.15 bits per heavy atom. The van der Waals surface area contributed by atoms with Gasteiger partial charge in [0.1, 0.15) is 43.2 Å². The van der Waals surface area contributed by atoms with Gasteiger partial charge in [-0.15, -0.1) is 0 Å². The highest BCUT2D eigenvalue weighted by atomic mass is 31.2. The number of phosphoric acid groups is 1. The van der Waals surface area contributed by atoms with Crippen molar-refractivity contribution in [3.8, 4) is 0 Å². The van der Waals surface area contributed by atoms with Crippen molar-refractivity contribution in [2.45, 2.75) is 301 Å². The number of unbranched alkanes of at least 4 members (excludes halogenated alkanes) is 33. The van der Waals surface area contributed by atoms with Crippen molar-refractivity contribution in [2.75, 3.05) is 13.2 Å². The molecular weight excluding hydrogens is 876 g/mol. The molecule has 0 aliphatic heterocycles. The summed E-state index contributed by atoms with van der Waals surface area (Å²) in [5, 5.41) is 50.3. The maximum atomic E-state index is 12.9. The predicted octanol–water partition coefficient (Wildman–Crippen LogP) is 12.2. The fourth-order valence-electron chi connectivity index (χ4n) is 8.70. The Morgan fingerprint density at radius 1 is 0.448 bits per heavy atom. The average molecular weight is 977 g/mol. The van der Waals surface area contributed by atoms with E-state index >= 15 is 0 Å². The van der Waals surface area contributed by atoms with Crippen LogP contribution in [-0.2, 0) is 32.7 Å². The van der Waals surface area contributed by atoms with Crippen LogP contribution in [0.2, 0.25) is 0 Å². The zero-order valence-electron chi connectivity index (χ0n) is 42.5. The van der Waals surface area contributed by atoms with Crippen molar-refractivity contribution in [2.24, 2.45) is 0 Å². The molecule has 13 nitrogen and oxygen atoms in total. The first kappa shape index (κ1) is 63.6. The number of hydrogen-bond donors (Lipinski definition) is 6. The monoisotopic (exact) mass is 977 g/mol. The molecule has 0 radical (unpaired) electrons. The number of carbonyl (C=O) groups excluding carboxylic acids is 2. The van der Waals surface area contributed by atoms with E-state index in [2.05, 4.69) is 26.0 Å². The molecule has 396 valence electrons. The molecule has 0 saturated heterocycles. The summed E-state index contributed by atoms with van der Waals surface area (Å²) in [5.74, 6) is -1.08. The van der Waals surface area contributed by atoms with Crippen LogP contribution in [-0.4, -0.2) is 98.3 Å². The predicted molar refractivity (Wildman–Crippen MR) is 267 cm³/mol. The van der Waals surface area contributed by atoms with Crippen molar-refractivity contribution >= 4 is 19.8 Å². The van der Waals surface area contributed by atoms with Crippen molar-refractivity contribution in [3.63, 3.8) is 0 Å². The Hall–Kier alpha value is -1.41. The summed E-state index contributed by atoms with van der Waals surface area (Å²) in [7, 11) is -5.12. The summed E-state index contributed by atoms with van der Waals surface area (Å²) < 4.78 is 33.7. The van der Waals surface area contributed by atoms with Crippen LogP contribution < -0.4 is 0 Å². The van der Waals surface area contributed by atoms with Gasteiger partial charge in [-0.2, -0.15) is 0 Å². The molecule has 8 atom stereocenters. The lowest BCUT2D eigenvalue weighted by Gasteiger charge is -2.41. The summed E-state index contributed by atoms with van der Waals surface area (Å²) in [4.78, 5) is 35.9. The van der Waals surface area contributed by atoms with Crippen molar-refractivity contribution in [1.82, 2.24) is 0 Å². The van der Waals surface area contributed by atoms with E-state index in [4.69, 9.17) is 18.5 Å². The average Bonchev–Trinajstić information content (AvgIpc) is 3.31. The highest BCUT2D eigenvalue weighted by Gasteiger charge is 2.51. The second-order valence-corrected chi connectivity index (χ2v) is 20.9. The van der Waals surface area contributed by atoms with Gasteiger partial charge in [0, 0.05) is 12.8 Å². The molecule has 1 saturated carbocycles. The number of carbonyl (C=O) groups is 2. The van der Waals surface area contributed by atoms with Gasteiger partial charge in [-0.25, -0.2) is 4.57 Å². The third kappa shape index (κ3) is 35.4. The van der Waals surface area contributed by atoms with Gasteiger partial charge in [0.05, 0.1) is 6.61 Å². The lowest BCUT2D eigenvalue weighted by molar-refractivity contribution is -0.220. The molecule has 0 aromatic carbocycles. The van der Waals surface area contributed by atoms with E-state index in [1.165, 1.54) is 173 Å². The summed E-state index contributed by atoms with van der Waals surface area (Å²) in [6.07, 6.45) is 35.4. The second-order valence-electron chi connectivity index (χ2n) is 19.4. The van der Waals surface area contributed by atoms with Crippen LogP contribution in [0.1, 0.15) is 258 Å². The summed E-state index contributed by atoms with van der Waals surface area (Å²) in [5.41, 5.74) is 0. The van der Waals surface area contributed by atoms with Gasteiger partial charge in [0.15, 0.2) is 6.10 Å². The van der Waals surface area contributed by atoms with Crippen LogP contribution in [0.5, 0.6) is 0 Å². The first-order valence-corrected chi connectivity index (χ1v) is 29.0. The number of phosphoric ester groups is 1. The fourth-order valence-corrected chi connectivity index (χ4v) is 9.67. The van der Waals surface area contributed by atoms with Gasteiger partial charge in [0.2, 0.25) is 0 Å². The molecule has 0 heterocycles. The Labute approximate surface area is 407 Å². The first-order valence-electron chi connectivity index (χ1n) is 27.5. The molecule has 6 unspecified atom stereocenters. The summed E-state index contributed by atoms with van der Waals surface area (Å²) >= 11 is 0. The first-order chi connectivity index (χ1) is 32.4. The van der Waals surface area contributed by atoms with Gasteiger partial charge < -0.3 is 39.9 Å². The van der Waals surface area contributed by atoms with E-state index in [1.54, 1.807) is 0 Å².